The van der Waals surface area contributed by atoms with Crippen molar-refractivity contribution >= 4 is 23.2 Å². The lowest BCUT2D eigenvalue weighted by Gasteiger charge is -2.31. The second kappa shape index (κ2) is 8.13. The van der Waals surface area contributed by atoms with Crippen LogP contribution in [0.4, 0.5) is 21.6 Å². The van der Waals surface area contributed by atoms with E-state index in [9.17, 15) is 9.18 Å². The monoisotopic (exact) mass is 404 g/mol. The van der Waals surface area contributed by atoms with Crippen LogP contribution in [-0.4, -0.2) is 32.6 Å². The van der Waals surface area contributed by atoms with E-state index in [1.807, 2.05) is 12.1 Å². The van der Waals surface area contributed by atoms with E-state index in [0.717, 1.165) is 16.9 Å². The minimum absolute atomic E-state index is 0.0315. The van der Waals surface area contributed by atoms with Crippen molar-refractivity contribution in [3.63, 3.8) is 0 Å². The highest BCUT2D eigenvalue weighted by molar-refractivity contribution is 5.85. The zero-order chi connectivity index (χ0) is 21.1. The average Bonchev–Trinajstić information content (AvgIpc) is 2.78. The Kier molecular flexibility index (Phi) is 5.22. The summed E-state index contributed by atoms with van der Waals surface area (Å²) in [5.74, 6) is -0.437. The summed E-state index contributed by atoms with van der Waals surface area (Å²) in [6.07, 6.45) is 3.59. The Balaban J connectivity index is 1.56. The van der Waals surface area contributed by atoms with Crippen molar-refractivity contribution in [1.29, 1.82) is 5.26 Å². The minimum Gasteiger partial charge on any atom is -0.477 e. The van der Waals surface area contributed by atoms with Gasteiger partial charge in [0.1, 0.15) is 24.5 Å². The third-order valence-corrected chi connectivity index (χ3v) is 4.97. The van der Waals surface area contributed by atoms with Crippen molar-refractivity contribution < 1.29 is 14.3 Å². The van der Waals surface area contributed by atoms with Gasteiger partial charge in [-0.25, -0.2) is 24.1 Å². The van der Waals surface area contributed by atoms with E-state index in [4.69, 9.17) is 10.4 Å². The van der Waals surface area contributed by atoms with Gasteiger partial charge in [0.2, 0.25) is 0 Å². The number of hydrogen-bond acceptors (Lipinski definition) is 7. The van der Waals surface area contributed by atoms with Crippen molar-refractivity contribution in [3.8, 4) is 6.07 Å². The molecule has 2 N–H and O–H groups in total. The Morgan fingerprint density at radius 2 is 2.13 bits per heavy atom. The minimum atomic E-state index is -1.08. The van der Waals surface area contributed by atoms with Gasteiger partial charge in [0, 0.05) is 23.4 Å². The Bertz CT molecular complexity index is 1140. The highest BCUT2D eigenvalue weighted by Gasteiger charge is 2.22. The predicted molar refractivity (Wildman–Crippen MR) is 107 cm³/mol. The highest BCUT2D eigenvalue weighted by atomic mass is 19.1. The van der Waals surface area contributed by atoms with E-state index < -0.39 is 12.6 Å². The second-order valence-corrected chi connectivity index (χ2v) is 6.77. The molecule has 3 aromatic rings. The van der Waals surface area contributed by atoms with E-state index in [0.29, 0.717) is 42.1 Å². The van der Waals surface area contributed by atoms with Gasteiger partial charge < -0.3 is 15.3 Å². The number of aromatic nitrogens is 3. The van der Waals surface area contributed by atoms with Gasteiger partial charge in [-0.2, -0.15) is 5.26 Å². The van der Waals surface area contributed by atoms with Crippen molar-refractivity contribution in [3.05, 3.63) is 70.9 Å². The molecule has 0 bridgehead atoms. The zero-order valence-corrected chi connectivity index (χ0v) is 15.8. The Morgan fingerprint density at radius 1 is 1.27 bits per heavy atom. The van der Waals surface area contributed by atoms with Gasteiger partial charge in [0.25, 0.3) is 0 Å². The van der Waals surface area contributed by atoms with Crippen LogP contribution in [0.3, 0.4) is 0 Å². The largest absolute Gasteiger partial charge is 0.477 e. The number of nitriles is 1. The SMILES string of the molecule is N#Cc1ccc(N2CCc3c(ncnc3Nc3ccc(C(=O)O)nc3)C2)cc1CF. The average molecular weight is 404 g/mol. The molecule has 1 aliphatic rings. The Hall–Kier alpha value is -4.06. The molecule has 0 amide bonds. The molecule has 30 heavy (non-hydrogen) atoms. The van der Waals surface area contributed by atoms with Gasteiger partial charge in [-0.3, -0.25) is 0 Å². The van der Waals surface area contributed by atoms with Crippen LogP contribution in [0, 0.1) is 11.3 Å². The summed E-state index contributed by atoms with van der Waals surface area (Å²) in [5, 5.41) is 21.2. The van der Waals surface area contributed by atoms with Crippen LogP contribution in [0.25, 0.3) is 0 Å². The number of halogens is 1. The van der Waals surface area contributed by atoms with Crippen molar-refractivity contribution in [2.45, 2.75) is 19.6 Å². The summed E-state index contributed by atoms with van der Waals surface area (Å²) in [6, 6.07) is 10.2. The van der Waals surface area contributed by atoms with Gasteiger partial charge in [0.15, 0.2) is 0 Å². The molecule has 4 rings (SSSR count). The van der Waals surface area contributed by atoms with Crippen molar-refractivity contribution in [2.75, 3.05) is 16.8 Å². The maximum absolute atomic E-state index is 13.3. The molecule has 8 nitrogen and oxygen atoms in total. The van der Waals surface area contributed by atoms with E-state index in [2.05, 4.69) is 25.2 Å². The standard InChI is InChI=1S/C21H17FN6O2/c22-8-14-7-16(3-1-13(14)9-23)28-6-5-17-19(11-28)25-12-26-20(17)27-15-2-4-18(21(29)30)24-10-15/h1-4,7,10,12H,5-6,8,11H2,(H,29,30)(H,25,26,27). The Labute approximate surface area is 171 Å². The van der Waals surface area contributed by atoms with Crippen LogP contribution < -0.4 is 10.2 Å². The topological polar surface area (TPSA) is 115 Å². The third kappa shape index (κ3) is 3.75. The molecule has 9 heteroatoms. The van der Waals surface area contributed by atoms with Gasteiger partial charge in [-0.1, -0.05) is 0 Å². The maximum atomic E-state index is 13.3. The molecule has 0 fully saturated rings. The van der Waals surface area contributed by atoms with E-state index >= 15 is 0 Å². The number of anilines is 3. The number of hydrogen-bond donors (Lipinski definition) is 2. The number of benzene rings is 1. The van der Waals surface area contributed by atoms with Crippen LogP contribution in [0.15, 0.2) is 42.9 Å². The van der Waals surface area contributed by atoms with Gasteiger partial charge in [-0.05, 0) is 36.8 Å². The summed E-state index contributed by atoms with van der Waals surface area (Å²) < 4.78 is 13.3. The molecule has 0 radical (unpaired) electrons. The molecule has 150 valence electrons. The summed E-state index contributed by atoms with van der Waals surface area (Å²) >= 11 is 0. The molecule has 0 saturated heterocycles. The first-order chi connectivity index (χ1) is 14.6. The predicted octanol–water partition coefficient (Wildman–Crippen LogP) is 3.22. The van der Waals surface area contributed by atoms with E-state index in [-0.39, 0.29) is 5.69 Å². The van der Waals surface area contributed by atoms with Crippen LogP contribution in [-0.2, 0) is 19.6 Å². The van der Waals surface area contributed by atoms with Crippen LogP contribution in [0.5, 0.6) is 0 Å². The molecule has 0 atom stereocenters. The first-order valence-electron chi connectivity index (χ1n) is 9.22. The summed E-state index contributed by atoms with van der Waals surface area (Å²) in [6.45, 7) is 0.523. The summed E-state index contributed by atoms with van der Waals surface area (Å²) in [5.41, 5.74) is 3.97. The molecule has 1 aliphatic heterocycles. The zero-order valence-electron chi connectivity index (χ0n) is 15.8. The number of nitrogens with zero attached hydrogens (tertiary/aromatic N) is 5. The number of carbonyl (C=O) groups is 1. The molecule has 0 unspecified atom stereocenters. The van der Waals surface area contributed by atoms with Crippen molar-refractivity contribution in [1.82, 2.24) is 15.0 Å². The smallest absolute Gasteiger partial charge is 0.354 e. The quantitative estimate of drug-likeness (QED) is 0.666. The van der Waals surface area contributed by atoms with Crippen molar-refractivity contribution in [2.24, 2.45) is 0 Å². The normalized spacial score (nSPS) is 12.7. The lowest BCUT2D eigenvalue weighted by atomic mass is 10.0. The highest BCUT2D eigenvalue weighted by Crippen LogP contribution is 2.29. The first-order valence-corrected chi connectivity index (χ1v) is 9.22. The lowest BCUT2D eigenvalue weighted by molar-refractivity contribution is 0.0690. The summed E-state index contributed by atoms with van der Waals surface area (Å²) in [7, 11) is 0. The fourth-order valence-electron chi connectivity index (χ4n) is 3.41. The van der Waals surface area contributed by atoms with Crippen LogP contribution >= 0.6 is 0 Å². The number of alkyl halides is 1. The fourth-order valence-corrected chi connectivity index (χ4v) is 3.41. The molecule has 1 aromatic carbocycles. The summed E-state index contributed by atoms with van der Waals surface area (Å²) in [4.78, 5) is 25.6. The number of rotatable bonds is 5. The number of carboxylic acids is 1. The van der Waals surface area contributed by atoms with Gasteiger partial charge >= 0.3 is 5.97 Å². The van der Waals surface area contributed by atoms with Crippen LogP contribution in [0.2, 0.25) is 0 Å². The number of pyridine rings is 1. The van der Waals surface area contributed by atoms with Crippen LogP contribution in [0.1, 0.15) is 32.9 Å². The molecular weight excluding hydrogens is 387 g/mol. The van der Waals surface area contributed by atoms with E-state index in [1.54, 1.807) is 18.2 Å². The molecule has 0 saturated carbocycles. The molecule has 3 heterocycles. The lowest BCUT2D eigenvalue weighted by Crippen LogP contribution is -2.31. The molecule has 0 aliphatic carbocycles. The molecule has 0 spiro atoms. The van der Waals surface area contributed by atoms with Gasteiger partial charge in [0.05, 0.1) is 35.8 Å². The fraction of sp³-hybridized carbons (Fsp3) is 0.190. The van der Waals surface area contributed by atoms with E-state index in [1.165, 1.54) is 18.6 Å². The number of carboxylic acid groups (broad SMARTS) is 1. The first kappa shape index (κ1) is 19.3. The maximum Gasteiger partial charge on any atom is 0.354 e. The molecule has 2 aromatic heterocycles. The molecular formula is C21H17FN6O2. The van der Waals surface area contributed by atoms with Gasteiger partial charge in [-0.15, -0.1) is 0 Å². The number of nitrogens with one attached hydrogen (secondary N) is 1. The third-order valence-electron chi connectivity index (χ3n) is 4.97. The second-order valence-electron chi connectivity index (χ2n) is 6.77. The Morgan fingerprint density at radius 3 is 2.83 bits per heavy atom. The number of aromatic carboxylic acids is 1. The number of fused-ring (bicyclic) bond motifs is 1.